The summed E-state index contributed by atoms with van der Waals surface area (Å²) in [4.78, 5) is 16.0. The van der Waals surface area contributed by atoms with Gasteiger partial charge in [0.25, 0.3) is 0 Å². The summed E-state index contributed by atoms with van der Waals surface area (Å²) in [5, 5.41) is 1.84. The largest absolute Gasteiger partial charge is 0.493 e. The quantitative estimate of drug-likeness (QED) is 0.258. The Morgan fingerprint density at radius 1 is 1.03 bits per heavy atom. The van der Waals surface area contributed by atoms with E-state index in [1.54, 1.807) is 13.2 Å². The molecule has 1 heterocycles. The van der Waals surface area contributed by atoms with E-state index in [1.807, 2.05) is 48.5 Å². The highest BCUT2D eigenvalue weighted by molar-refractivity contribution is 9.10. The molecule has 4 nitrogen and oxygen atoms in total. The van der Waals surface area contributed by atoms with Gasteiger partial charge in [-0.25, -0.2) is 4.79 Å². The summed E-state index contributed by atoms with van der Waals surface area (Å²) >= 11 is 9.26. The van der Waals surface area contributed by atoms with Crippen molar-refractivity contribution in [2.24, 2.45) is 0 Å². The maximum Gasteiger partial charge on any atom is 0.344 e. The minimum atomic E-state index is -0.433. The second kappa shape index (κ2) is 9.14. The summed E-state index contributed by atoms with van der Waals surface area (Å²) < 4.78 is 11.9. The predicted octanol–water partition coefficient (Wildman–Crippen LogP) is 5.99. The number of benzene rings is 3. The van der Waals surface area contributed by atoms with Gasteiger partial charge in [0.2, 0.25) is 0 Å². The van der Waals surface area contributed by atoms with Gasteiger partial charge >= 0.3 is 5.97 Å². The number of methoxy groups -OCH3 is 1. The highest BCUT2D eigenvalue weighted by atomic mass is 79.9. The van der Waals surface area contributed by atoms with E-state index in [4.69, 9.17) is 21.7 Å². The molecule has 4 rings (SSSR count). The molecule has 0 saturated carbocycles. The van der Waals surface area contributed by atoms with Crippen LogP contribution in [0.3, 0.4) is 0 Å². The minimum Gasteiger partial charge on any atom is -0.493 e. The normalized spacial score (nSPS) is 13.9. The van der Waals surface area contributed by atoms with E-state index >= 15 is 0 Å². The maximum absolute atomic E-state index is 13.0. The Labute approximate surface area is 189 Å². The van der Waals surface area contributed by atoms with Gasteiger partial charge in [-0.2, -0.15) is 0 Å². The fraction of sp³-hybridized carbons (Fsp3) is 0.250. The highest BCUT2D eigenvalue weighted by Gasteiger charge is 2.21. The van der Waals surface area contributed by atoms with Gasteiger partial charge in [0, 0.05) is 18.7 Å². The van der Waals surface area contributed by atoms with E-state index in [9.17, 15) is 4.79 Å². The maximum atomic E-state index is 13.0. The summed E-state index contributed by atoms with van der Waals surface area (Å²) in [5.41, 5.74) is 1.38. The molecule has 0 atom stereocenters. The van der Waals surface area contributed by atoms with E-state index in [0.29, 0.717) is 21.5 Å². The van der Waals surface area contributed by atoms with Crippen molar-refractivity contribution < 1.29 is 14.3 Å². The molecule has 0 unspecified atom stereocenters. The van der Waals surface area contributed by atoms with Crippen LogP contribution in [0.4, 0.5) is 0 Å². The molecule has 0 spiro atoms. The standard InChI is InChI=1S/C24H22BrNO3S/c1-28-21-15-17(23(30)26-12-5-2-6-13-26)14-20(25)22(21)29-24(27)19-11-7-9-16-8-3-4-10-18(16)19/h3-4,7-11,14-15H,2,5-6,12-13H2,1H3. The lowest BCUT2D eigenvalue weighted by Gasteiger charge is -2.29. The SMILES string of the molecule is COc1cc(C(=S)N2CCCCC2)cc(Br)c1OC(=O)c1cccc2ccccc12. The Morgan fingerprint density at radius 2 is 1.77 bits per heavy atom. The first kappa shape index (κ1) is 20.8. The van der Waals surface area contributed by atoms with Crippen LogP contribution in [0.2, 0.25) is 0 Å². The van der Waals surface area contributed by atoms with Gasteiger partial charge in [-0.3, -0.25) is 0 Å². The van der Waals surface area contributed by atoms with Crippen LogP contribution in [0, 0.1) is 0 Å². The molecule has 1 saturated heterocycles. The number of ether oxygens (including phenoxy) is 2. The number of esters is 1. The van der Waals surface area contributed by atoms with Crippen molar-refractivity contribution in [1.82, 2.24) is 4.90 Å². The molecule has 154 valence electrons. The Hall–Kier alpha value is -2.44. The van der Waals surface area contributed by atoms with Gasteiger partial charge in [-0.15, -0.1) is 0 Å². The van der Waals surface area contributed by atoms with Gasteiger partial charge in [0.15, 0.2) is 11.5 Å². The lowest BCUT2D eigenvalue weighted by molar-refractivity contribution is 0.0730. The molecule has 1 fully saturated rings. The number of hydrogen-bond donors (Lipinski definition) is 0. The number of piperidine rings is 1. The summed E-state index contributed by atoms with van der Waals surface area (Å²) in [6.45, 7) is 1.94. The zero-order valence-electron chi connectivity index (χ0n) is 16.7. The number of halogens is 1. The van der Waals surface area contributed by atoms with Crippen molar-refractivity contribution in [2.45, 2.75) is 19.3 Å². The molecule has 30 heavy (non-hydrogen) atoms. The molecule has 3 aromatic carbocycles. The van der Waals surface area contributed by atoms with Crippen molar-refractivity contribution in [3.8, 4) is 11.5 Å². The average molecular weight is 484 g/mol. The van der Waals surface area contributed by atoms with Crippen molar-refractivity contribution in [3.63, 3.8) is 0 Å². The Bertz CT molecular complexity index is 1100. The molecular formula is C24H22BrNO3S. The first-order valence-corrected chi connectivity index (χ1v) is 11.2. The molecule has 3 aromatic rings. The first-order chi connectivity index (χ1) is 14.6. The molecule has 1 aliphatic rings. The van der Waals surface area contributed by atoms with Crippen LogP contribution in [0.25, 0.3) is 10.8 Å². The smallest absolute Gasteiger partial charge is 0.344 e. The summed E-state index contributed by atoms with van der Waals surface area (Å²) in [6.07, 6.45) is 3.55. The van der Waals surface area contributed by atoms with Crippen LogP contribution in [0.5, 0.6) is 11.5 Å². The minimum absolute atomic E-state index is 0.348. The van der Waals surface area contributed by atoms with Crippen LogP contribution >= 0.6 is 28.1 Å². The van der Waals surface area contributed by atoms with E-state index in [1.165, 1.54) is 6.42 Å². The van der Waals surface area contributed by atoms with Gasteiger partial charge in [0.1, 0.15) is 4.99 Å². The molecule has 0 N–H and O–H groups in total. The Balaban J connectivity index is 1.64. The van der Waals surface area contributed by atoms with Crippen molar-refractivity contribution in [2.75, 3.05) is 20.2 Å². The number of hydrogen-bond acceptors (Lipinski definition) is 4. The second-order valence-corrected chi connectivity index (χ2v) is 8.50. The third kappa shape index (κ3) is 4.20. The second-order valence-electron chi connectivity index (χ2n) is 7.26. The lowest BCUT2D eigenvalue weighted by Crippen LogP contribution is -2.34. The molecule has 0 aromatic heterocycles. The van der Waals surface area contributed by atoms with Crippen LogP contribution in [-0.2, 0) is 0 Å². The fourth-order valence-corrected chi connectivity index (χ4v) is 4.60. The summed E-state index contributed by atoms with van der Waals surface area (Å²) in [6, 6.07) is 17.1. The molecule has 0 bridgehead atoms. The number of nitrogens with zero attached hydrogens (tertiary/aromatic N) is 1. The van der Waals surface area contributed by atoms with Crippen LogP contribution in [0.15, 0.2) is 59.1 Å². The molecule has 1 aliphatic heterocycles. The van der Waals surface area contributed by atoms with Crippen molar-refractivity contribution in [1.29, 1.82) is 0 Å². The van der Waals surface area contributed by atoms with Gasteiger partial charge in [0.05, 0.1) is 17.1 Å². The van der Waals surface area contributed by atoms with E-state index in [-0.39, 0.29) is 0 Å². The van der Waals surface area contributed by atoms with Gasteiger partial charge in [-0.05, 0) is 64.2 Å². The van der Waals surface area contributed by atoms with Crippen molar-refractivity contribution in [3.05, 3.63) is 70.2 Å². The predicted molar refractivity (Wildman–Crippen MR) is 127 cm³/mol. The summed E-state index contributed by atoms with van der Waals surface area (Å²) in [7, 11) is 1.56. The zero-order chi connectivity index (χ0) is 21.1. The van der Waals surface area contributed by atoms with Crippen LogP contribution in [0.1, 0.15) is 35.2 Å². The lowest BCUT2D eigenvalue weighted by atomic mass is 10.0. The first-order valence-electron chi connectivity index (χ1n) is 9.95. The number of thiocarbonyl (C=S) groups is 1. The zero-order valence-corrected chi connectivity index (χ0v) is 19.1. The monoisotopic (exact) mass is 483 g/mol. The average Bonchev–Trinajstić information content (AvgIpc) is 2.79. The Morgan fingerprint density at radius 3 is 2.53 bits per heavy atom. The number of carbonyl (C=O) groups excluding carboxylic acids is 1. The molecule has 0 aliphatic carbocycles. The number of rotatable bonds is 4. The van der Waals surface area contributed by atoms with E-state index in [2.05, 4.69) is 20.8 Å². The highest BCUT2D eigenvalue weighted by Crippen LogP contribution is 2.38. The van der Waals surface area contributed by atoms with Crippen LogP contribution < -0.4 is 9.47 Å². The third-order valence-electron chi connectivity index (χ3n) is 5.32. The molecular weight excluding hydrogens is 462 g/mol. The number of likely N-dealkylation sites (tertiary alicyclic amines) is 1. The van der Waals surface area contributed by atoms with Crippen molar-refractivity contribution >= 4 is 49.9 Å². The molecule has 0 radical (unpaired) electrons. The number of fused-ring (bicyclic) bond motifs is 1. The Kier molecular flexibility index (Phi) is 6.35. The topological polar surface area (TPSA) is 38.8 Å². The van der Waals surface area contributed by atoms with E-state index in [0.717, 1.165) is 47.3 Å². The number of carbonyl (C=O) groups is 1. The summed E-state index contributed by atoms with van der Waals surface area (Å²) in [5.74, 6) is 0.380. The molecule has 0 amide bonds. The van der Waals surface area contributed by atoms with Crippen LogP contribution in [-0.4, -0.2) is 36.1 Å². The van der Waals surface area contributed by atoms with Gasteiger partial charge < -0.3 is 14.4 Å². The third-order valence-corrected chi connectivity index (χ3v) is 6.41. The van der Waals surface area contributed by atoms with Gasteiger partial charge in [-0.1, -0.05) is 48.6 Å². The fourth-order valence-electron chi connectivity index (χ4n) is 3.77. The van der Waals surface area contributed by atoms with E-state index < -0.39 is 5.97 Å². The molecule has 6 heteroatoms.